The number of rotatable bonds is 5. The molecule has 0 radical (unpaired) electrons. The van der Waals surface area contributed by atoms with Crippen molar-refractivity contribution in [3.8, 4) is 0 Å². The second-order valence-corrected chi connectivity index (χ2v) is 3.89. The predicted molar refractivity (Wildman–Crippen MR) is 49.0 cm³/mol. The summed E-state index contributed by atoms with van der Waals surface area (Å²) in [5.74, 6) is 0.970. The van der Waals surface area contributed by atoms with Gasteiger partial charge in [-0.2, -0.15) is 0 Å². The Kier molecular flexibility index (Phi) is 5.13. The number of hydrogen-bond donors (Lipinski definition) is 2. The maximum atomic E-state index is 3.41. The molecule has 0 aromatic carbocycles. The Morgan fingerprint density at radius 1 is 1.40 bits per heavy atom. The minimum absolute atomic E-state index is 0.282. The van der Waals surface area contributed by atoms with Crippen LogP contribution in [0.2, 0.25) is 0 Å². The van der Waals surface area contributed by atoms with Crippen LogP contribution in [0.25, 0.3) is 0 Å². The average Bonchev–Trinajstić information content (AvgIpc) is 1.89. The standard InChI is InChI=1S/C7H18N2S/c1-5-7(2,3)9-6-10-8-4/h8-9H,5-6H2,1-4H3. The Hall–Kier alpha value is 0.270. The molecule has 0 aliphatic rings. The fourth-order valence-corrected chi connectivity index (χ4v) is 1.04. The van der Waals surface area contributed by atoms with Gasteiger partial charge in [0.15, 0.2) is 0 Å². The van der Waals surface area contributed by atoms with Gasteiger partial charge in [0.2, 0.25) is 0 Å². The van der Waals surface area contributed by atoms with Crippen molar-refractivity contribution in [1.82, 2.24) is 10.0 Å². The zero-order valence-corrected chi connectivity index (χ0v) is 8.14. The molecule has 0 amide bonds. The van der Waals surface area contributed by atoms with Crippen molar-refractivity contribution in [1.29, 1.82) is 0 Å². The quantitative estimate of drug-likeness (QED) is 0.365. The summed E-state index contributed by atoms with van der Waals surface area (Å²) < 4.78 is 3.02. The van der Waals surface area contributed by atoms with Crippen molar-refractivity contribution in [2.75, 3.05) is 12.9 Å². The topological polar surface area (TPSA) is 24.1 Å². The molecule has 2 N–H and O–H groups in total. The van der Waals surface area contributed by atoms with E-state index in [1.807, 2.05) is 7.05 Å². The Morgan fingerprint density at radius 3 is 2.40 bits per heavy atom. The van der Waals surface area contributed by atoms with Crippen molar-refractivity contribution in [3.05, 3.63) is 0 Å². The first-order chi connectivity index (χ1) is 4.62. The van der Waals surface area contributed by atoms with E-state index in [-0.39, 0.29) is 5.54 Å². The summed E-state index contributed by atoms with van der Waals surface area (Å²) in [5, 5.41) is 3.41. The monoisotopic (exact) mass is 162 g/mol. The molecule has 0 aliphatic heterocycles. The van der Waals surface area contributed by atoms with Crippen molar-refractivity contribution in [3.63, 3.8) is 0 Å². The van der Waals surface area contributed by atoms with Gasteiger partial charge in [0.1, 0.15) is 0 Å². The highest BCUT2D eigenvalue weighted by molar-refractivity contribution is 7.97. The SMILES string of the molecule is CCC(C)(C)NCSNC. The lowest BCUT2D eigenvalue weighted by Gasteiger charge is -2.23. The second kappa shape index (κ2) is 4.99. The molecule has 0 aromatic heterocycles. The lowest BCUT2D eigenvalue weighted by molar-refractivity contribution is 0.404. The van der Waals surface area contributed by atoms with Gasteiger partial charge in [0.05, 0.1) is 5.88 Å². The molecule has 0 saturated heterocycles. The average molecular weight is 162 g/mol. The van der Waals surface area contributed by atoms with Gasteiger partial charge in [-0.3, -0.25) is 4.72 Å². The second-order valence-electron chi connectivity index (χ2n) is 2.91. The van der Waals surface area contributed by atoms with Crippen LogP contribution in [0, 0.1) is 0 Å². The smallest absolute Gasteiger partial charge is 0.0569 e. The molecule has 0 aromatic rings. The molecule has 62 valence electrons. The largest absolute Gasteiger partial charge is 0.302 e. The number of hydrogen-bond acceptors (Lipinski definition) is 3. The maximum Gasteiger partial charge on any atom is 0.0569 e. The van der Waals surface area contributed by atoms with Crippen LogP contribution in [0.1, 0.15) is 27.2 Å². The van der Waals surface area contributed by atoms with Crippen molar-refractivity contribution >= 4 is 11.9 Å². The fraction of sp³-hybridized carbons (Fsp3) is 1.00. The highest BCUT2D eigenvalue weighted by Crippen LogP contribution is 2.07. The summed E-state index contributed by atoms with van der Waals surface area (Å²) in [4.78, 5) is 0. The third-order valence-corrected chi connectivity index (χ3v) is 2.23. The van der Waals surface area contributed by atoms with E-state index in [0.29, 0.717) is 0 Å². The Bertz CT molecular complexity index is 83.7. The van der Waals surface area contributed by atoms with Crippen LogP contribution in [0.4, 0.5) is 0 Å². The van der Waals surface area contributed by atoms with Gasteiger partial charge < -0.3 is 5.32 Å². The first kappa shape index (κ1) is 10.3. The normalized spacial score (nSPS) is 12.0. The van der Waals surface area contributed by atoms with E-state index in [2.05, 4.69) is 30.8 Å². The highest BCUT2D eigenvalue weighted by atomic mass is 32.2. The van der Waals surface area contributed by atoms with E-state index in [1.165, 1.54) is 0 Å². The van der Waals surface area contributed by atoms with E-state index in [9.17, 15) is 0 Å². The Labute approximate surface area is 68.3 Å². The van der Waals surface area contributed by atoms with Crippen LogP contribution in [0.15, 0.2) is 0 Å². The van der Waals surface area contributed by atoms with Crippen LogP contribution in [0.3, 0.4) is 0 Å². The maximum absolute atomic E-state index is 3.41. The van der Waals surface area contributed by atoms with E-state index in [0.717, 1.165) is 12.3 Å². The molecule has 0 heterocycles. The summed E-state index contributed by atoms with van der Waals surface area (Å²) >= 11 is 1.69. The summed E-state index contributed by atoms with van der Waals surface area (Å²) in [5.41, 5.74) is 0.282. The van der Waals surface area contributed by atoms with Crippen molar-refractivity contribution in [2.45, 2.75) is 32.7 Å². The van der Waals surface area contributed by atoms with Crippen molar-refractivity contribution < 1.29 is 0 Å². The molecular weight excluding hydrogens is 144 g/mol. The summed E-state index contributed by atoms with van der Waals surface area (Å²) in [6.07, 6.45) is 1.16. The van der Waals surface area contributed by atoms with Crippen LogP contribution in [-0.2, 0) is 0 Å². The van der Waals surface area contributed by atoms with E-state index in [4.69, 9.17) is 0 Å². The van der Waals surface area contributed by atoms with Gasteiger partial charge in [-0.25, -0.2) is 0 Å². The molecule has 0 atom stereocenters. The van der Waals surface area contributed by atoms with E-state index in [1.54, 1.807) is 11.9 Å². The van der Waals surface area contributed by atoms with E-state index < -0.39 is 0 Å². The molecule has 0 rings (SSSR count). The molecule has 0 saturated carbocycles. The molecule has 0 bridgehead atoms. The molecule has 2 nitrogen and oxygen atoms in total. The first-order valence-corrected chi connectivity index (χ1v) is 4.64. The predicted octanol–water partition coefficient (Wildman–Crippen LogP) is 1.59. The minimum Gasteiger partial charge on any atom is -0.302 e. The molecule has 0 unspecified atom stereocenters. The molecule has 3 heteroatoms. The van der Waals surface area contributed by atoms with Gasteiger partial charge in [-0.15, -0.1) is 0 Å². The van der Waals surface area contributed by atoms with Gasteiger partial charge in [-0.05, 0) is 27.3 Å². The fourth-order valence-electron chi connectivity index (χ4n) is 0.429. The molecule has 0 aliphatic carbocycles. The summed E-state index contributed by atoms with van der Waals surface area (Å²) in [6.45, 7) is 6.61. The molecular formula is C7H18N2S. The third-order valence-electron chi connectivity index (χ3n) is 1.65. The highest BCUT2D eigenvalue weighted by Gasteiger charge is 2.12. The molecule has 0 spiro atoms. The van der Waals surface area contributed by atoms with E-state index >= 15 is 0 Å². The van der Waals surface area contributed by atoms with Crippen LogP contribution in [-0.4, -0.2) is 18.5 Å². The zero-order chi connectivity index (χ0) is 8.04. The Balaban J connectivity index is 3.28. The first-order valence-electron chi connectivity index (χ1n) is 3.66. The Morgan fingerprint density at radius 2 is 2.00 bits per heavy atom. The third kappa shape index (κ3) is 5.09. The molecule has 10 heavy (non-hydrogen) atoms. The van der Waals surface area contributed by atoms with Gasteiger partial charge in [-0.1, -0.05) is 18.9 Å². The molecule has 0 fully saturated rings. The lowest BCUT2D eigenvalue weighted by atomic mass is 10.0. The number of nitrogens with one attached hydrogen (secondary N) is 2. The van der Waals surface area contributed by atoms with Gasteiger partial charge in [0.25, 0.3) is 0 Å². The minimum atomic E-state index is 0.282. The van der Waals surface area contributed by atoms with Crippen LogP contribution < -0.4 is 10.0 Å². The van der Waals surface area contributed by atoms with Gasteiger partial charge in [0, 0.05) is 5.54 Å². The zero-order valence-electron chi connectivity index (χ0n) is 7.32. The van der Waals surface area contributed by atoms with Crippen molar-refractivity contribution in [2.24, 2.45) is 0 Å². The summed E-state index contributed by atoms with van der Waals surface area (Å²) in [7, 11) is 1.94. The van der Waals surface area contributed by atoms with Gasteiger partial charge >= 0.3 is 0 Å². The van der Waals surface area contributed by atoms with Crippen LogP contribution in [0.5, 0.6) is 0 Å². The lowest BCUT2D eigenvalue weighted by Crippen LogP contribution is -2.38. The summed E-state index contributed by atoms with van der Waals surface area (Å²) in [6, 6.07) is 0. The van der Waals surface area contributed by atoms with Crippen LogP contribution >= 0.6 is 11.9 Å².